The maximum atomic E-state index is 12.2. The Labute approximate surface area is 570 Å². The highest BCUT2D eigenvalue weighted by Crippen LogP contribution is 2.38. The number of ether oxygens (including phenoxy) is 5. The second-order valence-electron chi connectivity index (χ2n) is 22.2. The van der Waals surface area contributed by atoms with Crippen LogP contribution in [0.3, 0.4) is 0 Å². The van der Waals surface area contributed by atoms with Crippen molar-refractivity contribution in [3.05, 3.63) is 207 Å². The number of carbonyl (C=O) groups excluding carboxylic acids is 5. The van der Waals surface area contributed by atoms with E-state index in [1.807, 2.05) is 69.4 Å². The minimum atomic E-state index is -1.26. The number of aliphatic carboxylic acids is 1. The molecule has 0 radical (unpaired) electrons. The molecule has 0 spiro atoms. The lowest BCUT2D eigenvalue weighted by Gasteiger charge is -2.23. The summed E-state index contributed by atoms with van der Waals surface area (Å²) in [5.41, 5.74) is 10.2. The van der Waals surface area contributed by atoms with Gasteiger partial charge in [0.2, 0.25) is 0 Å². The van der Waals surface area contributed by atoms with Crippen molar-refractivity contribution in [2.75, 3.05) is 27.4 Å². The minimum Gasteiger partial charge on any atom is -0.481 e. The first kappa shape index (κ1) is 80.0. The molecule has 7 aromatic rings. The molecule has 3 atom stereocenters. The Balaban J connectivity index is 0.000000289. The second kappa shape index (κ2) is 40.8. The Kier molecular flexibility index (Phi) is 34.7. The summed E-state index contributed by atoms with van der Waals surface area (Å²) in [6.07, 6.45) is 17.2. The van der Waals surface area contributed by atoms with E-state index in [4.69, 9.17) is 52.7 Å². The van der Waals surface area contributed by atoms with Crippen LogP contribution >= 0.6 is 48.0 Å². The standard InChI is InChI=1S/C14H17NO4.C13H18N2O2.C9H9NO4.C9H9NO2.C9H11N.C7H7Cl2N.C7H9NO2.2ClH/c1-3-18-12(16)14(13(17)19-4-2)8-10-6-5-7-15-11(10)9-14;1-13(2,3)17-12(16)15-10-7-9-5-4-6-14-11(9)8-10;1-13-8(11)6-4-3-5-10-7(6)9(12)14-2;11-9(12)7-4-6-2-1-3-10-8(6)5-7;1-7-5-8-3-2-4-10-9(8)6-7;8-4-6-2-1-3-10-7(6)5-9;9-4-6-2-1-3-8-7(6)5-10;;/h5-7H,3-4,8-9H2,1-2H3;4-6,10H,7-8H2,1-3H3,(H,15,16);3-5H,1-2H3;1-3,7H,4-5H2,(H,11,12);2-4,7H,5-6H2,1H3;1-3H,4-5H2;1-3,9-10H,4-5H2;2*1H. The van der Waals surface area contributed by atoms with E-state index in [1.165, 1.54) is 56.1 Å². The Morgan fingerprint density at radius 1 is 0.553 bits per heavy atom. The monoisotopic (exact) mass is 1370 g/mol. The molecule has 11 rings (SSSR count). The van der Waals surface area contributed by atoms with Crippen LogP contribution in [0.1, 0.15) is 130 Å². The summed E-state index contributed by atoms with van der Waals surface area (Å²) < 4.78 is 24.3. The summed E-state index contributed by atoms with van der Waals surface area (Å²) in [5.74, 6) is -1.56. The quantitative estimate of drug-likeness (QED) is 0.0382. The zero-order chi connectivity index (χ0) is 67.2. The van der Waals surface area contributed by atoms with Gasteiger partial charge in [-0.3, -0.25) is 44.3 Å². The molecule has 26 heteroatoms. The van der Waals surface area contributed by atoms with Crippen LogP contribution in [0, 0.1) is 17.3 Å². The molecule has 4 N–H and O–H groups in total. The summed E-state index contributed by atoms with van der Waals surface area (Å²) in [6, 6.07) is 26.0. The predicted octanol–water partition coefficient (Wildman–Crippen LogP) is 10.2. The number of amides is 1. The number of esters is 4. The van der Waals surface area contributed by atoms with Gasteiger partial charge in [0.15, 0.2) is 11.1 Å². The van der Waals surface area contributed by atoms with Gasteiger partial charge in [-0.1, -0.05) is 43.3 Å². The number of hydrogen-bond donors (Lipinski definition) is 4. The third-order valence-corrected chi connectivity index (χ3v) is 14.9. The fourth-order valence-electron chi connectivity index (χ4n) is 9.98. The van der Waals surface area contributed by atoms with E-state index in [9.17, 15) is 28.8 Å². The van der Waals surface area contributed by atoms with Crippen molar-refractivity contribution in [1.29, 1.82) is 0 Å². The molecule has 506 valence electrons. The third kappa shape index (κ3) is 24.3. The molecule has 7 heterocycles. The summed E-state index contributed by atoms with van der Waals surface area (Å²) in [7, 11) is 2.45. The molecule has 0 saturated carbocycles. The van der Waals surface area contributed by atoms with Crippen molar-refractivity contribution in [1.82, 2.24) is 40.2 Å². The summed E-state index contributed by atoms with van der Waals surface area (Å²) in [4.78, 5) is 97.6. The molecule has 1 amide bonds. The molecule has 0 saturated heterocycles. The first-order chi connectivity index (χ1) is 44.2. The lowest BCUT2D eigenvalue weighted by atomic mass is 9.85. The number of aliphatic hydroxyl groups excluding tert-OH is 2. The zero-order valence-electron chi connectivity index (χ0n) is 53.8. The van der Waals surface area contributed by atoms with Crippen molar-refractivity contribution in [2.24, 2.45) is 17.3 Å². The molecule has 4 aliphatic rings. The first-order valence-corrected chi connectivity index (χ1v) is 30.8. The maximum Gasteiger partial charge on any atom is 0.407 e. The number of nitrogens with zero attached hydrogens (tertiary/aromatic N) is 7. The molecule has 0 aromatic carbocycles. The molecule has 0 aliphatic heterocycles. The number of pyridine rings is 7. The number of fused-ring (bicyclic) bond motifs is 4. The number of aliphatic hydroxyl groups is 2. The average Bonchev–Trinajstić information content (AvgIpc) is 1.61. The third-order valence-electron chi connectivity index (χ3n) is 14.4. The van der Waals surface area contributed by atoms with Gasteiger partial charge >= 0.3 is 35.9 Å². The van der Waals surface area contributed by atoms with Gasteiger partial charge in [-0.2, -0.15) is 0 Å². The Morgan fingerprint density at radius 2 is 1.03 bits per heavy atom. The van der Waals surface area contributed by atoms with Crippen molar-refractivity contribution < 1.29 is 67.8 Å². The minimum absolute atomic E-state index is 0. The van der Waals surface area contributed by atoms with Gasteiger partial charge in [-0.05, 0) is 143 Å². The van der Waals surface area contributed by atoms with Gasteiger partial charge in [0.05, 0.1) is 69.4 Å². The van der Waals surface area contributed by atoms with E-state index < -0.39 is 40.9 Å². The van der Waals surface area contributed by atoms with Crippen LogP contribution in [-0.4, -0.2) is 125 Å². The van der Waals surface area contributed by atoms with E-state index in [-0.39, 0.29) is 87.0 Å². The predicted molar refractivity (Wildman–Crippen MR) is 357 cm³/mol. The lowest BCUT2D eigenvalue weighted by Crippen LogP contribution is -2.43. The normalized spacial score (nSPS) is 15.0. The lowest BCUT2D eigenvalue weighted by molar-refractivity contribution is -0.171. The Hall–Kier alpha value is -8.25. The van der Waals surface area contributed by atoms with Gasteiger partial charge in [0, 0.05) is 109 Å². The van der Waals surface area contributed by atoms with Crippen LogP contribution in [0.15, 0.2) is 128 Å². The summed E-state index contributed by atoms with van der Waals surface area (Å²) in [6.45, 7) is 11.6. The Morgan fingerprint density at radius 3 is 1.49 bits per heavy atom. The van der Waals surface area contributed by atoms with E-state index in [0.717, 1.165) is 58.2 Å². The van der Waals surface area contributed by atoms with Gasteiger partial charge < -0.3 is 44.3 Å². The smallest absolute Gasteiger partial charge is 0.407 e. The van der Waals surface area contributed by atoms with Crippen LogP contribution < -0.4 is 5.32 Å². The van der Waals surface area contributed by atoms with E-state index in [2.05, 4.69) is 68.7 Å². The molecule has 4 aliphatic carbocycles. The number of rotatable bonds is 12. The van der Waals surface area contributed by atoms with E-state index >= 15 is 0 Å². The molecular formula is C68H82Cl4N8O14. The number of methoxy groups -OCH3 is 2. The molecular weight excluding hydrogens is 1290 g/mol. The number of alkyl carbamates (subject to hydrolysis) is 1. The highest BCUT2D eigenvalue weighted by molar-refractivity contribution is 6.18. The van der Waals surface area contributed by atoms with E-state index in [1.54, 1.807) is 69.1 Å². The number of alkyl halides is 2. The second-order valence-corrected chi connectivity index (χ2v) is 22.7. The van der Waals surface area contributed by atoms with Crippen LogP contribution in [0.25, 0.3) is 0 Å². The number of carbonyl (C=O) groups is 6. The molecule has 22 nitrogen and oxygen atoms in total. The van der Waals surface area contributed by atoms with Crippen molar-refractivity contribution in [3.8, 4) is 0 Å². The highest BCUT2D eigenvalue weighted by Gasteiger charge is 2.53. The molecule has 7 aromatic heterocycles. The first-order valence-electron chi connectivity index (χ1n) is 29.8. The average molecular weight is 1380 g/mol. The van der Waals surface area contributed by atoms with Crippen LogP contribution in [0.5, 0.6) is 0 Å². The van der Waals surface area contributed by atoms with Gasteiger partial charge in [-0.15, -0.1) is 48.0 Å². The molecule has 94 heavy (non-hydrogen) atoms. The molecule has 0 fully saturated rings. The largest absolute Gasteiger partial charge is 0.481 e. The molecule has 3 unspecified atom stereocenters. The SMILES string of the molecule is CC(C)(C)OC(=O)NC1Cc2cccnc2C1.CC1Cc2cccnc2C1.CCOC(=O)C1(C(=O)OCC)Cc2cccnc2C1.COC(=O)c1cccnc1C(=O)OC.Cl.Cl.ClCc1cccnc1CCl.O=C(O)C1Cc2cccnc2C1.OCc1cccnc1CO. The van der Waals surface area contributed by atoms with Gasteiger partial charge in [0.25, 0.3) is 0 Å². The number of carboxylic acid groups (broad SMARTS) is 1. The van der Waals surface area contributed by atoms with Crippen LogP contribution in [0.4, 0.5) is 4.79 Å². The van der Waals surface area contributed by atoms with E-state index in [0.29, 0.717) is 42.3 Å². The topological polar surface area (TPSA) is 312 Å². The number of nitrogens with one attached hydrogen (secondary N) is 1. The van der Waals surface area contributed by atoms with Crippen molar-refractivity contribution >= 4 is 84.0 Å². The van der Waals surface area contributed by atoms with Gasteiger partial charge in [-0.25, -0.2) is 19.4 Å². The number of hydrogen-bond acceptors (Lipinski definition) is 20. The van der Waals surface area contributed by atoms with Crippen molar-refractivity contribution in [3.63, 3.8) is 0 Å². The van der Waals surface area contributed by atoms with Crippen LogP contribution in [-0.2, 0) is 114 Å². The fraction of sp³-hybridized carbons (Fsp3) is 0.397. The van der Waals surface area contributed by atoms with Gasteiger partial charge in [0.1, 0.15) is 5.60 Å². The number of carboxylic acids is 1. The highest BCUT2D eigenvalue weighted by atomic mass is 35.5. The maximum absolute atomic E-state index is 12.2. The Bertz CT molecular complexity index is 3320. The summed E-state index contributed by atoms with van der Waals surface area (Å²) >= 11 is 11.2. The van der Waals surface area contributed by atoms with Crippen molar-refractivity contribution in [2.45, 2.75) is 130 Å². The number of halogens is 4. The number of aromatic nitrogens is 7. The summed E-state index contributed by atoms with van der Waals surface area (Å²) in [5, 5.41) is 29.0. The zero-order valence-corrected chi connectivity index (χ0v) is 56.9. The fourth-order valence-corrected chi connectivity index (χ4v) is 10.5. The molecule has 0 bridgehead atoms. The van der Waals surface area contributed by atoms with Crippen LogP contribution in [0.2, 0.25) is 0 Å².